The van der Waals surface area contributed by atoms with Crippen molar-refractivity contribution in [3.63, 3.8) is 0 Å². The summed E-state index contributed by atoms with van der Waals surface area (Å²) in [6, 6.07) is 4.16. The molecule has 0 amide bonds. The largest absolute Gasteiger partial charge is 0.496 e. The fraction of sp³-hybridized carbons (Fsp3) is 0.538. The number of rotatable bonds is 5. The van der Waals surface area contributed by atoms with Crippen molar-refractivity contribution in [3.05, 3.63) is 28.8 Å². The molecular formula is C13H21NO2. The van der Waals surface area contributed by atoms with Gasteiger partial charge in [0, 0.05) is 18.7 Å². The van der Waals surface area contributed by atoms with Crippen LogP contribution in [0.15, 0.2) is 12.1 Å². The van der Waals surface area contributed by atoms with E-state index in [-0.39, 0.29) is 6.10 Å². The van der Waals surface area contributed by atoms with Crippen LogP contribution in [0.3, 0.4) is 0 Å². The topological polar surface area (TPSA) is 41.5 Å². The molecule has 0 heterocycles. The zero-order valence-electron chi connectivity index (χ0n) is 10.5. The van der Waals surface area contributed by atoms with E-state index in [0.717, 1.165) is 17.9 Å². The van der Waals surface area contributed by atoms with Crippen LogP contribution in [-0.2, 0) is 6.54 Å². The second-order valence-electron chi connectivity index (χ2n) is 4.18. The van der Waals surface area contributed by atoms with Crippen molar-refractivity contribution in [2.24, 2.45) is 0 Å². The molecular weight excluding hydrogens is 202 g/mol. The second kappa shape index (κ2) is 5.87. The standard InChI is InChI=1S/C13H21NO2/c1-9-5-6-12(8-14-7-10(2)15)13(16-4)11(9)3/h5-6,10,14-15H,7-8H2,1-4H3/t10-/m1/s1. The SMILES string of the molecule is COc1c(CNC[C@@H](C)O)ccc(C)c1C. The van der Waals surface area contributed by atoms with Gasteiger partial charge in [-0.2, -0.15) is 0 Å². The van der Waals surface area contributed by atoms with Crippen LogP contribution in [-0.4, -0.2) is 24.9 Å². The third-order valence-electron chi connectivity index (χ3n) is 2.72. The maximum atomic E-state index is 9.16. The molecule has 1 aromatic carbocycles. The summed E-state index contributed by atoms with van der Waals surface area (Å²) in [6.07, 6.45) is -0.322. The highest BCUT2D eigenvalue weighted by Gasteiger charge is 2.08. The highest BCUT2D eigenvalue weighted by Crippen LogP contribution is 2.25. The molecule has 0 aliphatic rings. The quantitative estimate of drug-likeness (QED) is 0.799. The number of aliphatic hydroxyl groups excluding tert-OH is 1. The Kier molecular flexibility index (Phi) is 4.77. The predicted octanol–water partition coefficient (Wildman–Crippen LogP) is 1.78. The Bertz CT molecular complexity index is 348. The molecule has 0 fully saturated rings. The first-order chi connectivity index (χ1) is 7.56. The summed E-state index contributed by atoms with van der Waals surface area (Å²) in [7, 11) is 1.69. The number of benzene rings is 1. The van der Waals surface area contributed by atoms with E-state index in [4.69, 9.17) is 9.84 Å². The van der Waals surface area contributed by atoms with Gasteiger partial charge in [-0.3, -0.25) is 0 Å². The van der Waals surface area contributed by atoms with Gasteiger partial charge in [-0.1, -0.05) is 12.1 Å². The molecule has 1 rings (SSSR count). The van der Waals surface area contributed by atoms with E-state index in [1.54, 1.807) is 14.0 Å². The molecule has 0 radical (unpaired) electrons. The smallest absolute Gasteiger partial charge is 0.126 e. The Morgan fingerprint density at radius 1 is 1.38 bits per heavy atom. The molecule has 0 aliphatic carbocycles. The van der Waals surface area contributed by atoms with Gasteiger partial charge in [0.05, 0.1) is 13.2 Å². The lowest BCUT2D eigenvalue weighted by molar-refractivity contribution is 0.191. The maximum Gasteiger partial charge on any atom is 0.126 e. The van der Waals surface area contributed by atoms with Crippen LogP contribution >= 0.6 is 0 Å². The Morgan fingerprint density at radius 3 is 2.62 bits per heavy atom. The van der Waals surface area contributed by atoms with Gasteiger partial charge >= 0.3 is 0 Å². The molecule has 1 aromatic rings. The Hall–Kier alpha value is -1.06. The van der Waals surface area contributed by atoms with Gasteiger partial charge < -0.3 is 15.2 Å². The number of aryl methyl sites for hydroxylation is 1. The number of ether oxygens (including phenoxy) is 1. The van der Waals surface area contributed by atoms with E-state index < -0.39 is 0 Å². The predicted molar refractivity (Wildman–Crippen MR) is 65.9 cm³/mol. The summed E-state index contributed by atoms with van der Waals surface area (Å²) in [4.78, 5) is 0. The number of hydrogen-bond donors (Lipinski definition) is 2. The first-order valence-electron chi connectivity index (χ1n) is 5.58. The Morgan fingerprint density at radius 2 is 2.06 bits per heavy atom. The minimum absolute atomic E-state index is 0.322. The van der Waals surface area contributed by atoms with Crippen molar-refractivity contribution in [2.45, 2.75) is 33.4 Å². The molecule has 0 saturated carbocycles. The van der Waals surface area contributed by atoms with Gasteiger partial charge in [-0.05, 0) is 31.9 Å². The van der Waals surface area contributed by atoms with Crippen molar-refractivity contribution in [1.82, 2.24) is 5.32 Å². The Labute approximate surface area is 97.4 Å². The van der Waals surface area contributed by atoms with Gasteiger partial charge in [-0.15, -0.1) is 0 Å². The minimum Gasteiger partial charge on any atom is -0.496 e. The second-order valence-corrected chi connectivity index (χ2v) is 4.18. The van der Waals surface area contributed by atoms with Crippen molar-refractivity contribution >= 4 is 0 Å². The van der Waals surface area contributed by atoms with E-state index in [9.17, 15) is 0 Å². The van der Waals surface area contributed by atoms with E-state index in [2.05, 4.69) is 31.3 Å². The summed E-state index contributed by atoms with van der Waals surface area (Å²) < 4.78 is 5.41. The number of methoxy groups -OCH3 is 1. The van der Waals surface area contributed by atoms with Gasteiger partial charge in [0.15, 0.2) is 0 Å². The first kappa shape index (κ1) is 13.0. The molecule has 16 heavy (non-hydrogen) atoms. The highest BCUT2D eigenvalue weighted by atomic mass is 16.5. The summed E-state index contributed by atoms with van der Waals surface area (Å²) in [5, 5.41) is 12.4. The highest BCUT2D eigenvalue weighted by molar-refractivity contribution is 5.45. The van der Waals surface area contributed by atoms with Crippen LogP contribution in [0.4, 0.5) is 0 Å². The van der Waals surface area contributed by atoms with Crippen molar-refractivity contribution in [2.75, 3.05) is 13.7 Å². The van der Waals surface area contributed by atoms with Crippen molar-refractivity contribution in [1.29, 1.82) is 0 Å². The molecule has 1 atom stereocenters. The molecule has 0 aliphatic heterocycles. The lowest BCUT2D eigenvalue weighted by Crippen LogP contribution is -2.24. The lowest BCUT2D eigenvalue weighted by atomic mass is 10.0. The van der Waals surface area contributed by atoms with Crippen molar-refractivity contribution in [3.8, 4) is 5.75 Å². The molecule has 0 aromatic heterocycles. The fourth-order valence-electron chi connectivity index (χ4n) is 1.69. The molecule has 2 N–H and O–H groups in total. The number of aliphatic hydroxyl groups is 1. The molecule has 0 spiro atoms. The van der Waals surface area contributed by atoms with Gasteiger partial charge in [0.1, 0.15) is 5.75 Å². The minimum atomic E-state index is -0.322. The average Bonchev–Trinajstić information content (AvgIpc) is 2.23. The summed E-state index contributed by atoms with van der Waals surface area (Å²) >= 11 is 0. The molecule has 90 valence electrons. The van der Waals surface area contributed by atoms with Crippen molar-refractivity contribution < 1.29 is 9.84 Å². The van der Waals surface area contributed by atoms with Crippen LogP contribution in [0.25, 0.3) is 0 Å². The summed E-state index contributed by atoms with van der Waals surface area (Å²) in [6.45, 7) is 7.22. The van der Waals surface area contributed by atoms with Gasteiger partial charge in [-0.25, -0.2) is 0 Å². The molecule has 0 saturated heterocycles. The van der Waals surface area contributed by atoms with Crippen LogP contribution in [0.5, 0.6) is 5.75 Å². The molecule has 3 heteroatoms. The molecule has 0 unspecified atom stereocenters. The third-order valence-corrected chi connectivity index (χ3v) is 2.72. The normalized spacial score (nSPS) is 12.6. The fourth-order valence-corrected chi connectivity index (χ4v) is 1.69. The monoisotopic (exact) mass is 223 g/mol. The molecule has 0 bridgehead atoms. The Balaban J connectivity index is 2.76. The third kappa shape index (κ3) is 3.22. The van der Waals surface area contributed by atoms with Gasteiger partial charge in [0.2, 0.25) is 0 Å². The summed E-state index contributed by atoms with van der Waals surface area (Å²) in [5.41, 5.74) is 3.54. The van der Waals surface area contributed by atoms with Crippen LogP contribution in [0.1, 0.15) is 23.6 Å². The van der Waals surface area contributed by atoms with Crippen LogP contribution in [0, 0.1) is 13.8 Å². The van der Waals surface area contributed by atoms with E-state index >= 15 is 0 Å². The molecule has 3 nitrogen and oxygen atoms in total. The number of nitrogens with one attached hydrogen (secondary N) is 1. The zero-order chi connectivity index (χ0) is 12.1. The first-order valence-corrected chi connectivity index (χ1v) is 5.58. The lowest BCUT2D eigenvalue weighted by Gasteiger charge is -2.14. The van der Waals surface area contributed by atoms with E-state index in [1.165, 1.54) is 11.1 Å². The zero-order valence-corrected chi connectivity index (χ0v) is 10.5. The van der Waals surface area contributed by atoms with Crippen LogP contribution in [0.2, 0.25) is 0 Å². The maximum absolute atomic E-state index is 9.16. The van der Waals surface area contributed by atoms with Crippen LogP contribution < -0.4 is 10.1 Å². The average molecular weight is 223 g/mol. The van der Waals surface area contributed by atoms with E-state index in [0.29, 0.717) is 6.54 Å². The van der Waals surface area contributed by atoms with E-state index in [1.807, 2.05) is 0 Å². The van der Waals surface area contributed by atoms with Gasteiger partial charge in [0.25, 0.3) is 0 Å². The summed E-state index contributed by atoms with van der Waals surface area (Å²) in [5.74, 6) is 0.943. The number of hydrogen-bond acceptors (Lipinski definition) is 3.